The van der Waals surface area contributed by atoms with E-state index in [1.165, 1.54) is 7.11 Å². The average Bonchev–Trinajstić information content (AvgIpc) is 2.61. The zero-order chi connectivity index (χ0) is 17.2. The predicted octanol–water partition coefficient (Wildman–Crippen LogP) is 4.12. The second-order valence-corrected chi connectivity index (χ2v) is 5.48. The Bertz CT molecular complexity index is 644. The maximum absolute atomic E-state index is 11.0. The number of para-hydroxylation sites is 1. The molecule has 0 saturated carbocycles. The van der Waals surface area contributed by atoms with Crippen LogP contribution in [0.2, 0.25) is 0 Å². The zero-order valence-corrected chi connectivity index (χ0v) is 14.0. The molecular weight excluding hydrogens is 304 g/mol. The summed E-state index contributed by atoms with van der Waals surface area (Å²) in [6, 6.07) is 15.5. The van der Waals surface area contributed by atoms with E-state index in [0.29, 0.717) is 18.7 Å². The lowest BCUT2D eigenvalue weighted by atomic mass is 10.2. The third-order valence-electron chi connectivity index (χ3n) is 3.60. The number of carbonyl (C=O) groups is 1. The molecule has 24 heavy (non-hydrogen) atoms. The monoisotopic (exact) mass is 328 g/mol. The summed E-state index contributed by atoms with van der Waals surface area (Å²) in [7, 11) is 1.41. The molecule has 5 heteroatoms. The molecule has 0 bridgehead atoms. The van der Waals surface area contributed by atoms with Gasteiger partial charge in [0.2, 0.25) is 0 Å². The number of hydrogen-bond acceptors (Lipinski definition) is 5. The van der Waals surface area contributed by atoms with Crippen molar-refractivity contribution in [3.05, 3.63) is 48.5 Å². The number of hydrogen-bond donors (Lipinski definition) is 2. The van der Waals surface area contributed by atoms with E-state index in [4.69, 9.17) is 10.5 Å². The summed E-state index contributed by atoms with van der Waals surface area (Å²) in [4.78, 5) is 11.0. The lowest BCUT2D eigenvalue weighted by molar-refractivity contribution is -0.140. The van der Waals surface area contributed by atoms with Crippen LogP contribution in [0.4, 0.5) is 17.1 Å². The van der Waals surface area contributed by atoms with Crippen molar-refractivity contribution in [2.24, 2.45) is 0 Å². The SMILES string of the molecule is COC(=O)CCCCCOc1ccc(N)c(Nc2ccccc2)c1. The Balaban J connectivity index is 1.79. The van der Waals surface area contributed by atoms with Gasteiger partial charge in [0.1, 0.15) is 5.75 Å². The molecule has 0 aliphatic heterocycles. The Labute approximate surface area is 142 Å². The first-order valence-corrected chi connectivity index (χ1v) is 8.10. The van der Waals surface area contributed by atoms with Crippen LogP contribution in [0.1, 0.15) is 25.7 Å². The summed E-state index contributed by atoms with van der Waals surface area (Å²) < 4.78 is 10.4. The van der Waals surface area contributed by atoms with Gasteiger partial charge in [-0.3, -0.25) is 4.79 Å². The highest BCUT2D eigenvalue weighted by Crippen LogP contribution is 2.27. The normalized spacial score (nSPS) is 10.2. The number of nitrogens with one attached hydrogen (secondary N) is 1. The highest BCUT2D eigenvalue weighted by molar-refractivity contribution is 5.74. The van der Waals surface area contributed by atoms with Crippen LogP contribution < -0.4 is 15.8 Å². The maximum Gasteiger partial charge on any atom is 0.305 e. The Morgan fingerprint density at radius 3 is 2.62 bits per heavy atom. The van der Waals surface area contributed by atoms with Crippen molar-refractivity contribution in [1.29, 1.82) is 0 Å². The van der Waals surface area contributed by atoms with Gasteiger partial charge in [0.15, 0.2) is 0 Å². The number of esters is 1. The Kier molecular flexibility index (Phi) is 6.95. The van der Waals surface area contributed by atoms with E-state index in [0.717, 1.165) is 36.4 Å². The smallest absolute Gasteiger partial charge is 0.305 e. The first-order chi connectivity index (χ1) is 11.7. The molecule has 0 spiro atoms. The number of rotatable bonds is 9. The number of methoxy groups -OCH3 is 1. The Morgan fingerprint density at radius 1 is 1.08 bits per heavy atom. The van der Waals surface area contributed by atoms with Gasteiger partial charge in [0.25, 0.3) is 0 Å². The van der Waals surface area contributed by atoms with Gasteiger partial charge in [0, 0.05) is 18.2 Å². The van der Waals surface area contributed by atoms with Crippen molar-refractivity contribution in [3.8, 4) is 5.75 Å². The van der Waals surface area contributed by atoms with E-state index in [1.54, 1.807) is 0 Å². The van der Waals surface area contributed by atoms with E-state index in [9.17, 15) is 4.79 Å². The first-order valence-electron chi connectivity index (χ1n) is 8.10. The molecule has 0 aromatic heterocycles. The zero-order valence-electron chi connectivity index (χ0n) is 14.0. The largest absolute Gasteiger partial charge is 0.494 e. The van der Waals surface area contributed by atoms with Gasteiger partial charge >= 0.3 is 5.97 Å². The lowest BCUT2D eigenvalue weighted by Crippen LogP contribution is -2.02. The third kappa shape index (κ3) is 5.83. The molecule has 2 rings (SSSR count). The van der Waals surface area contributed by atoms with Crippen LogP contribution in [0.25, 0.3) is 0 Å². The molecule has 0 fully saturated rings. The highest BCUT2D eigenvalue weighted by atomic mass is 16.5. The van der Waals surface area contributed by atoms with Crippen LogP contribution in [-0.4, -0.2) is 19.7 Å². The highest BCUT2D eigenvalue weighted by Gasteiger charge is 2.03. The number of unbranched alkanes of at least 4 members (excludes halogenated alkanes) is 2. The van der Waals surface area contributed by atoms with Crippen LogP contribution in [0.3, 0.4) is 0 Å². The fourth-order valence-electron chi connectivity index (χ4n) is 2.25. The molecule has 128 valence electrons. The molecule has 0 heterocycles. The maximum atomic E-state index is 11.0. The average molecular weight is 328 g/mol. The molecule has 0 radical (unpaired) electrons. The number of nitrogens with two attached hydrogens (primary N) is 1. The lowest BCUT2D eigenvalue weighted by Gasteiger charge is -2.12. The predicted molar refractivity (Wildman–Crippen MR) is 96.6 cm³/mol. The minimum atomic E-state index is -0.161. The van der Waals surface area contributed by atoms with Gasteiger partial charge in [0.05, 0.1) is 25.1 Å². The Morgan fingerprint density at radius 2 is 1.88 bits per heavy atom. The second kappa shape index (κ2) is 9.45. The van der Waals surface area contributed by atoms with Gasteiger partial charge in [-0.25, -0.2) is 0 Å². The van der Waals surface area contributed by atoms with Gasteiger partial charge in [-0.1, -0.05) is 18.2 Å². The first kappa shape index (κ1) is 17.7. The van der Waals surface area contributed by atoms with Crippen molar-refractivity contribution in [2.45, 2.75) is 25.7 Å². The van der Waals surface area contributed by atoms with Crippen molar-refractivity contribution in [2.75, 3.05) is 24.8 Å². The van der Waals surface area contributed by atoms with E-state index in [2.05, 4.69) is 10.1 Å². The van der Waals surface area contributed by atoms with E-state index in [1.807, 2.05) is 48.5 Å². The van der Waals surface area contributed by atoms with Crippen molar-refractivity contribution in [1.82, 2.24) is 0 Å². The molecule has 0 amide bonds. The van der Waals surface area contributed by atoms with Crippen LogP contribution in [0, 0.1) is 0 Å². The minimum absolute atomic E-state index is 0.161. The van der Waals surface area contributed by atoms with Gasteiger partial charge < -0.3 is 20.5 Å². The summed E-state index contributed by atoms with van der Waals surface area (Å²) in [6.07, 6.45) is 3.10. The molecular formula is C19H24N2O3. The standard InChI is InChI=1S/C19H24N2O3/c1-23-19(22)10-6-3-7-13-24-16-11-12-17(20)18(14-16)21-15-8-4-2-5-9-15/h2,4-5,8-9,11-12,14,21H,3,6-7,10,13,20H2,1H3. The van der Waals surface area contributed by atoms with Crippen molar-refractivity contribution >= 4 is 23.0 Å². The van der Waals surface area contributed by atoms with Gasteiger partial charge in [-0.15, -0.1) is 0 Å². The quantitative estimate of drug-likeness (QED) is 0.411. The minimum Gasteiger partial charge on any atom is -0.494 e. The molecule has 2 aromatic rings. The topological polar surface area (TPSA) is 73.6 Å². The van der Waals surface area contributed by atoms with E-state index < -0.39 is 0 Å². The van der Waals surface area contributed by atoms with E-state index in [-0.39, 0.29) is 5.97 Å². The summed E-state index contributed by atoms with van der Waals surface area (Å²) in [5, 5.41) is 3.29. The van der Waals surface area contributed by atoms with Crippen LogP contribution in [0.15, 0.2) is 48.5 Å². The molecule has 5 nitrogen and oxygen atoms in total. The van der Waals surface area contributed by atoms with Gasteiger partial charge in [-0.05, 0) is 43.5 Å². The molecule has 2 aromatic carbocycles. The molecule has 0 aliphatic rings. The number of benzene rings is 2. The van der Waals surface area contributed by atoms with Crippen LogP contribution in [0.5, 0.6) is 5.75 Å². The molecule has 0 atom stereocenters. The number of ether oxygens (including phenoxy) is 2. The fraction of sp³-hybridized carbons (Fsp3) is 0.316. The fourth-order valence-corrected chi connectivity index (χ4v) is 2.25. The second-order valence-electron chi connectivity index (χ2n) is 5.48. The summed E-state index contributed by atoms with van der Waals surface area (Å²) >= 11 is 0. The van der Waals surface area contributed by atoms with Crippen LogP contribution >= 0.6 is 0 Å². The number of anilines is 3. The molecule has 3 N–H and O–H groups in total. The summed E-state index contributed by atoms with van der Waals surface area (Å²) in [6.45, 7) is 0.607. The summed E-state index contributed by atoms with van der Waals surface area (Å²) in [5.74, 6) is 0.613. The Hall–Kier alpha value is -2.69. The number of carbonyl (C=O) groups excluding carboxylic acids is 1. The number of nitrogen functional groups attached to an aromatic ring is 1. The molecule has 0 saturated heterocycles. The van der Waals surface area contributed by atoms with Gasteiger partial charge in [-0.2, -0.15) is 0 Å². The third-order valence-corrected chi connectivity index (χ3v) is 3.60. The van der Waals surface area contributed by atoms with E-state index >= 15 is 0 Å². The van der Waals surface area contributed by atoms with Crippen molar-refractivity contribution in [3.63, 3.8) is 0 Å². The summed E-state index contributed by atoms with van der Waals surface area (Å²) in [5.41, 5.74) is 8.48. The molecule has 0 aliphatic carbocycles. The van der Waals surface area contributed by atoms with Crippen molar-refractivity contribution < 1.29 is 14.3 Å². The molecule has 0 unspecified atom stereocenters. The van der Waals surface area contributed by atoms with Crippen LogP contribution in [-0.2, 0) is 9.53 Å².